The monoisotopic (exact) mass is 566 g/mol. The van der Waals surface area contributed by atoms with E-state index in [-0.39, 0.29) is 28.8 Å². The molecule has 1 aliphatic carbocycles. The number of aryl methyl sites for hydroxylation is 1. The molecule has 198 valence electrons. The van der Waals surface area contributed by atoms with Crippen molar-refractivity contribution in [3.63, 3.8) is 0 Å². The Kier molecular flexibility index (Phi) is 7.58. The summed E-state index contributed by atoms with van der Waals surface area (Å²) in [5.41, 5.74) is -0.175. The molecule has 8 nitrogen and oxygen atoms in total. The van der Waals surface area contributed by atoms with E-state index in [1.807, 2.05) is 6.07 Å². The molecule has 4 rings (SSSR count). The fourth-order valence-electron chi connectivity index (χ4n) is 3.59. The number of halogens is 5. The van der Waals surface area contributed by atoms with Crippen molar-refractivity contribution < 1.29 is 31.9 Å². The summed E-state index contributed by atoms with van der Waals surface area (Å²) in [5, 5.41) is 14.7. The van der Waals surface area contributed by atoms with Gasteiger partial charge in [0, 0.05) is 17.0 Å². The van der Waals surface area contributed by atoms with E-state index in [1.54, 1.807) is 24.3 Å². The lowest BCUT2D eigenvalue weighted by atomic mass is 10.0. The molecule has 1 unspecified atom stereocenters. The van der Waals surface area contributed by atoms with Crippen molar-refractivity contribution >= 4 is 35.0 Å². The fraction of sp³-hybridized carbons (Fsp3) is 0.280. The van der Waals surface area contributed by atoms with Crippen LogP contribution in [-0.2, 0) is 11.2 Å². The molecule has 1 aromatic heterocycles. The van der Waals surface area contributed by atoms with Crippen LogP contribution in [0.1, 0.15) is 34.7 Å². The van der Waals surface area contributed by atoms with Gasteiger partial charge < -0.3 is 19.8 Å². The predicted molar refractivity (Wildman–Crippen MR) is 130 cm³/mol. The second-order valence-electron chi connectivity index (χ2n) is 8.66. The number of alkyl halides is 3. The number of nitrogens with one attached hydrogen (secondary N) is 2. The minimum atomic E-state index is -4.93. The Bertz CT molecular complexity index is 1410. The molecule has 0 aliphatic heterocycles. The largest absolute Gasteiger partial charge is 0.573 e. The molecule has 1 aliphatic rings. The Morgan fingerprint density at radius 2 is 1.89 bits per heavy atom. The molecular weight excluding hydrogens is 548 g/mol. The second-order valence-corrected chi connectivity index (χ2v) is 9.50. The molecule has 38 heavy (non-hydrogen) atoms. The van der Waals surface area contributed by atoms with E-state index in [9.17, 15) is 28.0 Å². The fourth-order valence-corrected chi connectivity index (χ4v) is 3.95. The third-order valence-corrected chi connectivity index (χ3v) is 6.26. The molecule has 1 heterocycles. The van der Waals surface area contributed by atoms with Crippen LogP contribution in [0.25, 0.3) is 11.5 Å². The molecule has 0 spiro atoms. The van der Waals surface area contributed by atoms with Crippen molar-refractivity contribution in [1.82, 2.24) is 15.6 Å². The zero-order valence-electron chi connectivity index (χ0n) is 19.7. The highest BCUT2D eigenvalue weighted by molar-refractivity contribution is 6.32. The summed E-state index contributed by atoms with van der Waals surface area (Å²) in [4.78, 5) is 30.4. The molecule has 3 aromatic rings. The first-order valence-corrected chi connectivity index (χ1v) is 12.0. The van der Waals surface area contributed by atoms with Crippen molar-refractivity contribution in [3.05, 3.63) is 69.5 Å². The van der Waals surface area contributed by atoms with Crippen LogP contribution in [0.3, 0.4) is 0 Å². The lowest BCUT2D eigenvalue weighted by Gasteiger charge is -2.20. The number of carbonyl (C=O) groups excluding carboxylic acids is 2. The summed E-state index contributed by atoms with van der Waals surface area (Å²) in [6.07, 6.45) is -4.17. The molecule has 1 saturated carbocycles. The van der Waals surface area contributed by atoms with Crippen LogP contribution in [0, 0.1) is 18.3 Å². The minimum Gasteiger partial charge on any atom is -0.441 e. The number of rotatable bonds is 8. The molecule has 2 aromatic carbocycles. The maximum atomic E-state index is 13.1. The zero-order valence-corrected chi connectivity index (χ0v) is 21.2. The highest BCUT2D eigenvalue weighted by Gasteiger charge is 2.46. The Labute approximate surface area is 224 Å². The molecule has 2 amide bonds. The van der Waals surface area contributed by atoms with Crippen LogP contribution in [-0.4, -0.2) is 34.7 Å². The average molecular weight is 567 g/mol. The number of aromatic nitrogens is 1. The number of carbonyl (C=O) groups is 2. The third kappa shape index (κ3) is 6.57. The highest BCUT2D eigenvalue weighted by atomic mass is 35.5. The van der Waals surface area contributed by atoms with Crippen molar-refractivity contribution in [1.29, 1.82) is 5.26 Å². The van der Waals surface area contributed by atoms with Crippen LogP contribution in [0.4, 0.5) is 13.2 Å². The van der Waals surface area contributed by atoms with Gasteiger partial charge in [-0.05, 0) is 61.7 Å². The number of ether oxygens (including phenoxy) is 1. The Morgan fingerprint density at radius 3 is 2.47 bits per heavy atom. The van der Waals surface area contributed by atoms with Gasteiger partial charge in [0.2, 0.25) is 11.8 Å². The maximum absolute atomic E-state index is 13.1. The summed E-state index contributed by atoms with van der Waals surface area (Å²) in [7, 11) is 0. The summed E-state index contributed by atoms with van der Waals surface area (Å²) in [5.74, 6) is -1.63. The van der Waals surface area contributed by atoms with Crippen LogP contribution >= 0.6 is 23.2 Å². The number of nitrogens with zero attached hydrogens (tertiary/aromatic N) is 2. The first-order valence-electron chi connectivity index (χ1n) is 11.2. The number of hydrogen-bond acceptors (Lipinski definition) is 6. The van der Waals surface area contributed by atoms with E-state index in [0.717, 1.165) is 6.07 Å². The van der Waals surface area contributed by atoms with Gasteiger partial charge in [0.1, 0.15) is 23.1 Å². The smallest absolute Gasteiger partial charge is 0.441 e. The number of amides is 2. The standard InChI is InChI=1S/C25H19Cl2F3N4O4/c1-13-20(33-23(37-13)15-3-5-16(26)6-4-15)22(36)32-18(21(35)34-24(12-31)8-9-24)11-14-2-7-19(17(27)10-14)38-25(28,29)30/h2-7,10,18H,8-9,11H2,1H3,(H,32,36)(H,34,35). The van der Waals surface area contributed by atoms with Gasteiger partial charge in [-0.25, -0.2) is 4.98 Å². The van der Waals surface area contributed by atoms with Crippen LogP contribution in [0.15, 0.2) is 46.9 Å². The molecule has 0 radical (unpaired) electrons. The topological polar surface area (TPSA) is 117 Å². The van der Waals surface area contributed by atoms with Crippen LogP contribution < -0.4 is 15.4 Å². The SMILES string of the molecule is Cc1oc(-c2ccc(Cl)cc2)nc1C(=O)NC(Cc1ccc(OC(F)(F)F)c(Cl)c1)C(=O)NC1(C#N)CC1. The number of nitriles is 1. The molecule has 1 fully saturated rings. The first-order chi connectivity index (χ1) is 17.9. The summed E-state index contributed by atoms with van der Waals surface area (Å²) >= 11 is 11.9. The van der Waals surface area contributed by atoms with Gasteiger partial charge in [-0.15, -0.1) is 13.2 Å². The van der Waals surface area contributed by atoms with Crippen LogP contribution in [0.5, 0.6) is 5.75 Å². The maximum Gasteiger partial charge on any atom is 0.573 e. The number of oxazole rings is 1. The number of hydrogen-bond donors (Lipinski definition) is 2. The second kappa shape index (κ2) is 10.6. The predicted octanol–water partition coefficient (Wildman–Crippen LogP) is 5.37. The molecule has 1 atom stereocenters. The van der Waals surface area contributed by atoms with E-state index in [2.05, 4.69) is 20.4 Å². The lowest BCUT2D eigenvalue weighted by molar-refractivity contribution is -0.274. The molecule has 0 bridgehead atoms. The highest BCUT2D eigenvalue weighted by Crippen LogP contribution is 2.35. The van der Waals surface area contributed by atoms with Crippen molar-refractivity contribution in [2.75, 3.05) is 0 Å². The number of benzene rings is 2. The Balaban J connectivity index is 1.56. The van der Waals surface area contributed by atoms with Gasteiger partial charge in [0.05, 0.1) is 11.1 Å². The molecular formula is C25H19Cl2F3N4O4. The van der Waals surface area contributed by atoms with Gasteiger partial charge >= 0.3 is 6.36 Å². The summed E-state index contributed by atoms with van der Waals surface area (Å²) in [6.45, 7) is 1.53. The Hall–Kier alpha value is -3.75. The molecule has 13 heteroatoms. The van der Waals surface area contributed by atoms with Crippen molar-refractivity contribution in [2.24, 2.45) is 0 Å². The van der Waals surface area contributed by atoms with Gasteiger partial charge in [0.25, 0.3) is 5.91 Å². The first kappa shape index (κ1) is 27.3. The third-order valence-electron chi connectivity index (χ3n) is 5.71. The van der Waals surface area contributed by atoms with E-state index in [4.69, 9.17) is 27.6 Å². The minimum absolute atomic E-state index is 0.0684. The quantitative estimate of drug-likeness (QED) is 0.378. The van der Waals surface area contributed by atoms with Crippen LogP contribution in [0.2, 0.25) is 10.0 Å². The molecule has 2 N–H and O–H groups in total. The van der Waals surface area contributed by atoms with Crippen molar-refractivity contribution in [2.45, 2.75) is 44.1 Å². The van der Waals surface area contributed by atoms with Gasteiger partial charge in [-0.3, -0.25) is 9.59 Å². The average Bonchev–Trinajstić information content (AvgIpc) is 3.51. The molecule has 0 saturated heterocycles. The van der Waals surface area contributed by atoms with E-state index < -0.39 is 35.5 Å². The summed E-state index contributed by atoms with van der Waals surface area (Å²) < 4.78 is 47.2. The van der Waals surface area contributed by atoms with Gasteiger partial charge in [0.15, 0.2) is 5.69 Å². The lowest BCUT2D eigenvalue weighted by Crippen LogP contribution is -2.51. The normalized spacial score (nSPS) is 14.8. The van der Waals surface area contributed by atoms with E-state index in [1.165, 1.54) is 19.1 Å². The zero-order chi connectivity index (χ0) is 27.7. The van der Waals surface area contributed by atoms with E-state index >= 15 is 0 Å². The van der Waals surface area contributed by atoms with Crippen molar-refractivity contribution in [3.8, 4) is 23.3 Å². The van der Waals surface area contributed by atoms with Gasteiger partial charge in [-0.2, -0.15) is 5.26 Å². The Morgan fingerprint density at radius 1 is 1.21 bits per heavy atom. The van der Waals surface area contributed by atoms with E-state index in [0.29, 0.717) is 29.0 Å². The summed E-state index contributed by atoms with van der Waals surface area (Å²) in [6, 6.07) is 10.9. The van der Waals surface area contributed by atoms with Gasteiger partial charge in [-0.1, -0.05) is 29.3 Å².